The van der Waals surface area contributed by atoms with Gasteiger partial charge in [-0.2, -0.15) is 0 Å². The van der Waals surface area contributed by atoms with Crippen molar-refractivity contribution in [1.82, 2.24) is 15.0 Å². The smallest absolute Gasteiger partial charge is 0.158 e. The molecule has 0 aromatic carbocycles. The van der Waals surface area contributed by atoms with Gasteiger partial charge >= 0.3 is 0 Å². The number of hydrogen-bond donors (Lipinski definition) is 1. The summed E-state index contributed by atoms with van der Waals surface area (Å²) in [5.74, 6) is 2.35. The minimum atomic E-state index is 0.403. The van der Waals surface area contributed by atoms with Crippen molar-refractivity contribution in [2.45, 2.75) is 13.0 Å². The lowest BCUT2D eigenvalue weighted by Gasteiger charge is -2.19. The van der Waals surface area contributed by atoms with Gasteiger partial charge in [0, 0.05) is 46.2 Å². The molecule has 0 saturated carbocycles. The highest BCUT2D eigenvalue weighted by Crippen LogP contribution is 2.15. The fourth-order valence-electron chi connectivity index (χ4n) is 1.96. The van der Waals surface area contributed by atoms with E-state index in [1.54, 1.807) is 7.11 Å². The molecule has 2 heterocycles. The molecule has 0 unspecified atom stereocenters. The number of nitrogens with zero attached hydrogens (tertiary/aromatic N) is 4. The summed E-state index contributed by atoms with van der Waals surface area (Å²) in [7, 11) is 5.52. The Bertz CT molecular complexity index is 561. The molecule has 0 aliphatic heterocycles. The van der Waals surface area contributed by atoms with E-state index in [2.05, 4.69) is 25.2 Å². The normalized spacial score (nSPS) is 10.4. The maximum Gasteiger partial charge on any atom is 0.158 e. The molecule has 2 aromatic rings. The van der Waals surface area contributed by atoms with E-state index >= 15 is 0 Å². The van der Waals surface area contributed by atoms with E-state index in [1.807, 2.05) is 44.7 Å². The van der Waals surface area contributed by atoms with E-state index in [0.29, 0.717) is 12.4 Å². The van der Waals surface area contributed by atoms with Gasteiger partial charge in [0.2, 0.25) is 0 Å². The topological polar surface area (TPSA) is 63.2 Å². The quantitative estimate of drug-likeness (QED) is 0.837. The minimum absolute atomic E-state index is 0.403. The third kappa shape index (κ3) is 4.39. The third-order valence-corrected chi connectivity index (χ3v) is 3.16. The van der Waals surface area contributed by atoms with Crippen molar-refractivity contribution in [3.05, 3.63) is 42.0 Å². The highest BCUT2D eigenvalue weighted by Gasteiger charge is 2.08. The summed E-state index contributed by atoms with van der Waals surface area (Å²) in [6.45, 7) is 1.28. The number of anilines is 2. The number of rotatable bonds is 7. The van der Waals surface area contributed by atoms with Crippen LogP contribution in [-0.4, -0.2) is 42.7 Å². The van der Waals surface area contributed by atoms with E-state index in [-0.39, 0.29) is 0 Å². The molecule has 6 heteroatoms. The highest BCUT2D eigenvalue weighted by molar-refractivity contribution is 5.48. The molecule has 0 saturated heterocycles. The lowest BCUT2D eigenvalue weighted by atomic mass is 10.2. The van der Waals surface area contributed by atoms with E-state index in [1.165, 1.54) is 5.56 Å². The molecule has 21 heavy (non-hydrogen) atoms. The van der Waals surface area contributed by atoms with E-state index in [0.717, 1.165) is 24.6 Å². The van der Waals surface area contributed by atoms with Crippen LogP contribution >= 0.6 is 0 Å². The van der Waals surface area contributed by atoms with Gasteiger partial charge in [-0.1, -0.05) is 0 Å². The molecule has 0 spiro atoms. The zero-order valence-electron chi connectivity index (χ0n) is 12.7. The molecule has 0 aliphatic rings. The summed E-state index contributed by atoms with van der Waals surface area (Å²) in [4.78, 5) is 15.0. The van der Waals surface area contributed by atoms with Gasteiger partial charge in [0.15, 0.2) is 5.82 Å². The third-order valence-electron chi connectivity index (χ3n) is 3.16. The molecule has 0 aliphatic carbocycles. The van der Waals surface area contributed by atoms with Crippen molar-refractivity contribution in [1.29, 1.82) is 0 Å². The molecule has 0 fully saturated rings. The number of likely N-dealkylation sites (N-methyl/N-ethyl adjacent to an activating group) is 1. The number of hydrogen-bond acceptors (Lipinski definition) is 6. The monoisotopic (exact) mass is 287 g/mol. The van der Waals surface area contributed by atoms with E-state index in [4.69, 9.17) is 4.74 Å². The van der Waals surface area contributed by atoms with Crippen molar-refractivity contribution in [2.75, 3.05) is 38.0 Å². The first-order chi connectivity index (χ1) is 10.2. The van der Waals surface area contributed by atoms with Gasteiger partial charge in [0.1, 0.15) is 18.2 Å². The summed E-state index contributed by atoms with van der Waals surface area (Å²) in [5, 5.41) is 3.05. The van der Waals surface area contributed by atoms with Gasteiger partial charge in [-0.15, -0.1) is 0 Å². The number of pyridine rings is 1. The molecule has 112 valence electrons. The van der Waals surface area contributed by atoms with Gasteiger partial charge in [-0.05, 0) is 24.1 Å². The van der Waals surface area contributed by atoms with Crippen LogP contribution in [0, 0.1) is 0 Å². The van der Waals surface area contributed by atoms with Crippen molar-refractivity contribution in [2.24, 2.45) is 0 Å². The van der Waals surface area contributed by atoms with Gasteiger partial charge < -0.3 is 15.0 Å². The number of nitrogens with one attached hydrogen (secondary N) is 1. The molecule has 0 bridgehead atoms. The van der Waals surface area contributed by atoms with Crippen LogP contribution < -0.4 is 10.2 Å². The van der Waals surface area contributed by atoms with Crippen LogP contribution in [0.3, 0.4) is 0 Å². The summed E-state index contributed by atoms with van der Waals surface area (Å²) in [5.41, 5.74) is 1.26. The molecular formula is C15H21N5O. The summed E-state index contributed by atoms with van der Waals surface area (Å²) < 4.78 is 5.11. The Hall–Kier alpha value is -2.21. The zero-order chi connectivity index (χ0) is 15.1. The summed E-state index contributed by atoms with van der Waals surface area (Å²) in [6.07, 6.45) is 4.57. The molecule has 2 aromatic heterocycles. The Labute approximate surface area is 125 Å². The van der Waals surface area contributed by atoms with Crippen LogP contribution in [0.4, 0.5) is 11.6 Å². The van der Waals surface area contributed by atoms with Gasteiger partial charge in [-0.25, -0.2) is 9.97 Å². The second-order valence-electron chi connectivity index (χ2n) is 4.74. The zero-order valence-corrected chi connectivity index (χ0v) is 12.7. The Morgan fingerprint density at radius 2 is 2.00 bits per heavy atom. The first-order valence-corrected chi connectivity index (χ1v) is 6.87. The molecule has 0 atom stereocenters. The molecule has 6 nitrogen and oxygen atoms in total. The predicted octanol–water partition coefficient (Wildman–Crippen LogP) is 1.74. The van der Waals surface area contributed by atoms with Crippen LogP contribution in [0.2, 0.25) is 0 Å². The van der Waals surface area contributed by atoms with Gasteiger partial charge in [-0.3, -0.25) is 4.98 Å². The van der Waals surface area contributed by atoms with E-state index in [9.17, 15) is 0 Å². The molecule has 0 radical (unpaired) electrons. The van der Waals surface area contributed by atoms with Gasteiger partial charge in [0.05, 0.1) is 0 Å². The second-order valence-corrected chi connectivity index (χ2v) is 4.74. The van der Waals surface area contributed by atoms with Crippen molar-refractivity contribution in [3.63, 3.8) is 0 Å². The first-order valence-electron chi connectivity index (χ1n) is 6.87. The SMILES string of the molecule is CNc1cc(N(C)CCc2ccncc2)nc(COC)n1. The Balaban J connectivity index is 2.07. The summed E-state index contributed by atoms with van der Waals surface area (Å²) in [6, 6.07) is 6.00. The van der Waals surface area contributed by atoms with Crippen LogP contribution in [-0.2, 0) is 17.8 Å². The maximum absolute atomic E-state index is 5.11. The van der Waals surface area contributed by atoms with E-state index < -0.39 is 0 Å². The lowest BCUT2D eigenvalue weighted by Crippen LogP contribution is -2.22. The van der Waals surface area contributed by atoms with Crippen molar-refractivity contribution in [3.8, 4) is 0 Å². The van der Waals surface area contributed by atoms with Crippen LogP contribution in [0.25, 0.3) is 0 Å². The number of aromatic nitrogens is 3. The first kappa shape index (κ1) is 15.2. The Morgan fingerprint density at radius 3 is 2.67 bits per heavy atom. The van der Waals surface area contributed by atoms with Crippen LogP contribution in [0.5, 0.6) is 0 Å². The van der Waals surface area contributed by atoms with Crippen molar-refractivity contribution >= 4 is 11.6 Å². The Morgan fingerprint density at radius 1 is 1.24 bits per heavy atom. The number of methoxy groups -OCH3 is 1. The highest BCUT2D eigenvalue weighted by atomic mass is 16.5. The fraction of sp³-hybridized carbons (Fsp3) is 0.400. The van der Waals surface area contributed by atoms with Gasteiger partial charge in [0.25, 0.3) is 0 Å². The maximum atomic E-state index is 5.11. The Kier molecular flexibility index (Phi) is 5.45. The predicted molar refractivity (Wildman–Crippen MR) is 83.5 cm³/mol. The average Bonchev–Trinajstić information content (AvgIpc) is 2.53. The summed E-state index contributed by atoms with van der Waals surface area (Å²) >= 11 is 0. The largest absolute Gasteiger partial charge is 0.377 e. The number of ether oxygens (including phenoxy) is 1. The standard InChI is InChI=1S/C15H21N5O/c1-16-13-10-15(19-14(18-13)11-21-3)20(2)9-6-12-4-7-17-8-5-12/h4-5,7-8,10H,6,9,11H2,1-3H3,(H,16,18,19). The molecule has 0 amide bonds. The fourth-order valence-corrected chi connectivity index (χ4v) is 1.96. The molecular weight excluding hydrogens is 266 g/mol. The van der Waals surface area contributed by atoms with Crippen LogP contribution in [0.15, 0.2) is 30.6 Å². The lowest BCUT2D eigenvalue weighted by molar-refractivity contribution is 0.178. The second kappa shape index (κ2) is 7.54. The molecule has 2 rings (SSSR count). The molecule has 1 N–H and O–H groups in total. The van der Waals surface area contributed by atoms with Crippen molar-refractivity contribution < 1.29 is 4.74 Å². The van der Waals surface area contributed by atoms with Crippen LogP contribution in [0.1, 0.15) is 11.4 Å². The minimum Gasteiger partial charge on any atom is -0.377 e. The average molecular weight is 287 g/mol.